The third-order valence-corrected chi connectivity index (χ3v) is 3.26. The molecule has 0 bridgehead atoms. The molecular weight excluding hydrogens is 210 g/mol. The molecule has 0 aliphatic carbocycles. The number of methoxy groups -OCH3 is 1. The van der Waals surface area contributed by atoms with E-state index in [1.807, 2.05) is 12.1 Å². The van der Waals surface area contributed by atoms with Crippen molar-refractivity contribution >= 4 is 6.08 Å². The van der Waals surface area contributed by atoms with Crippen molar-refractivity contribution in [3.8, 4) is 5.75 Å². The highest BCUT2D eigenvalue weighted by Crippen LogP contribution is 2.14. The first-order valence-electron chi connectivity index (χ1n) is 6.42. The highest BCUT2D eigenvalue weighted by atomic mass is 16.5. The summed E-state index contributed by atoms with van der Waals surface area (Å²) in [6.45, 7) is 1.18. The molecule has 0 aromatic heterocycles. The maximum Gasteiger partial charge on any atom is 0.118 e. The van der Waals surface area contributed by atoms with E-state index in [0.29, 0.717) is 6.04 Å². The number of hydrogen-bond acceptors (Lipinski definition) is 2. The summed E-state index contributed by atoms with van der Waals surface area (Å²) in [6.07, 6.45) is 9.60. The predicted octanol–water partition coefficient (Wildman–Crippen LogP) is 3.24. The first-order valence-corrected chi connectivity index (χ1v) is 6.42. The lowest BCUT2D eigenvalue weighted by Gasteiger charge is -2.21. The molecule has 2 heteroatoms. The molecule has 1 aliphatic heterocycles. The van der Waals surface area contributed by atoms with Gasteiger partial charge in [-0.3, -0.25) is 0 Å². The van der Waals surface area contributed by atoms with Crippen LogP contribution in [0.3, 0.4) is 0 Å². The Morgan fingerprint density at radius 3 is 2.76 bits per heavy atom. The van der Waals surface area contributed by atoms with Gasteiger partial charge in [0, 0.05) is 6.04 Å². The van der Waals surface area contributed by atoms with Crippen molar-refractivity contribution in [2.75, 3.05) is 13.7 Å². The van der Waals surface area contributed by atoms with Crippen LogP contribution in [0.2, 0.25) is 0 Å². The average Bonchev–Trinajstić information content (AvgIpc) is 2.41. The number of ether oxygens (including phenoxy) is 1. The van der Waals surface area contributed by atoms with Crippen LogP contribution in [-0.2, 0) is 0 Å². The largest absolute Gasteiger partial charge is 0.497 e. The van der Waals surface area contributed by atoms with E-state index in [1.165, 1.54) is 31.4 Å². The second kappa shape index (κ2) is 6.45. The Hall–Kier alpha value is -1.28. The van der Waals surface area contributed by atoms with Crippen LogP contribution < -0.4 is 10.1 Å². The van der Waals surface area contributed by atoms with Gasteiger partial charge in [-0.05, 0) is 43.5 Å². The Labute approximate surface area is 104 Å². The van der Waals surface area contributed by atoms with Crippen LogP contribution in [0.4, 0.5) is 0 Å². The first-order chi connectivity index (χ1) is 8.38. The molecule has 0 saturated carbocycles. The second-order valence-corrected chi connectivity index (χ2v) is 4.56. The second-order valence-electron chi connectivity index (χ2n) is 4.56. The Morgan fingerprint density at radius 1 is 1.29 bits per heavy atom. The van der Waals surface area contributed by atoms with Gasteiger partial charge in [-0.1, -0.05) is 30.7 Å². The zero-order valence-corrected chi connectivity index (χ0v) is 10.5. The minimum atomic E-state index is 0.679. The molecular formula is C15H21NO. The Balaban J connectivity index is 1.82. The van der Waals surface area contributed by atoms with Crippen molar-refractivity contribution in [2.24, 2.45) is 0 Å². The lowest BCUT2D eigenvalue weighted by atomic mass is 10.0. The third-order valence-electron chi connectivity index (χ3n) is 3.26. The quantitative estimate of drug-likeness (QED) is 0.859. The summed E-state index contributed by atoms with van der Waals surface area (Å²) in [6, 6.07) is 8.85. The SMILES string of the molecule is COc1ccc(C=CCC2CCCCN2)cc1. The maximum absolute atomic E-state index is 5.13. The molecule has 1 atom stereocenters. The number of hydrogen-bond donors (Lipinski definition) is 1. The van der Waals surface area contributed by atoms with E-state index in [1.54, 1.807) is 7.11 Å². The van der Waals surface area contributed by atoms with E-state index in [0.717, 1.165) is 12.2 Å². The standard InChI is InChI=1S/C15H21NO/c1-17-15-10-8-13(9-11-15)5-4-7-14-6-2-3-12-16-14/h4-5,8-11,14,16H,2-3,6-7,12H2,1H3. The lowest BCUT2D eigenvalue weighted by Crippen LogP contribution is -2.33. The zero-order chi connectivity index (χ0) is 11.9. The molecule has 92 valence electrons. The average molecular weight is 231 g/mol. The lowest BCUT2D eigenvalue weighted by molar-refractivity contribution is 0.404. The fourth-order valence-corrected chi connectivity index (χ4v) is 2.21. The van der Waals surface area contributed by atoms with Gasteiger partial charge < -0.3 is 10.1 Å². The van der Waals surface area contributed by atoms with Crippen molar-refractivity contribution in [1.82, 2.24) is 5.32 Å². The number of piperidine rings is 1. The highest BCUT2D eigenvalue weighted by molar-refractivity contribution is 5.50. The van der Waals surface area contributed by atoms with Gasteiger partial charge >= 0.3 is 0 Å². The molecule has 1 fully saturated rings. The molecule has 1 aromatic carbocycles. The minimum absolute atomic E-state index is 0.679. The van der Waals surface area contributed by atoms with Gasteiger partial charge in [0.1, 0.15) is 5.75 Å². The zero-order valence-electron chi connectivity index (χ0n) is 10.5. The Kier molecular flexibility index (Phi) is 4.63. The molecule has 1 aliphatic rings. The van der Waals surface area contributed by atoms with Gasteiger partial charge in [0.05, 0.1) is 7.11 Å². The minimum Gasteiger partial charge on any atom is -0.497 e. The van der Waals surface area contributed by atoms with Crippen LogP contribution >= 0.6 is 0 Å². The monoisotopic (exact) mass is 231 g/mol. The number of benzene rings is 1. The van der Waals surface area contributed by atoms with Gasteiger partial charge in [0.25, 0.3) is 0 Å². The van der Waals surface area contributed by atoms with Gasteiger partial charge in [-0.15, -0.1) is 0 Å². The van der Waals surface area contributed by atoms with Gasteiger partial charge in [0.15, 0.2) is 0 Å². The predicted molar refractivity (Wildman–Crippen MR) is 72.3 cm³/mol. The van der Waals surface area contributed by atoms with Gasteiger partial charge in [0.2, 0.25) is 0 Å². The first kappa shape index (κ1) is 12.2. The molecule has 1 heterocycles. The summed E-state index contributed by atoms with van der Waals surface area (Å²) in [5, 5.41) is 3.55. The van der Waals surface area contributed by atoms with Crippen LogP contribution in [0, 0.1) is 0 Å². The van der Waals surface area contributed by atoms with Crippen LogP contribution in [0.25, 0.3) is 6.08 Å². The highest BCUT2D eigenvalue weighted by Gasteiger charge is 2.09. The maximum atomic E-state index is 5.13. The summed E-state index contributed by atoms with van der Waals surface area (Å²) >= 11 is 0. The van der Waals surface area contributed by atoms with E-state index in [4.69, 9.17) is 4.74 Å². The van der Waals surface area contributed by atoms with Crippen molar-refractivity contribution in [3.63, 3.8) is 0 Å². The van der Waals surface area contributed by atoms with Crippen LogP contribution in [0.15, 0.2) is 30.3 Å². The molecule has 2 rings (SSSR count). The molecule has 1 aromatic rings. The molecule has 1 N–H and O–H groups in total. The third kappa shape index (κ3) is 3.90. The topological polar surface area (TPSA) is 21.3 Å². The number of nitrogens with one attached hydrogen (secondary N) is 1. The smallest absolute Gasteiger partial charge is 0.118 e. The normalized spacial score (nSPS) is 20.6. The van der Waals surface area contributed by atoms with E-state index in [2.05, 4.69) is 29.6 Å². The Morgan fingerprint density at radius 2 is 2.12 bits per heavy atom. The van der Waals surface area contributed by atoms with Crippen LogP contribution in [-0.4, -0.2) is 19.7 Å². The van der Waals surface area contributed by atoms with Crippen molar-refractivity contribution in [2.45, 2.75) is 31.7 Å². The summed E-state index contributed by atoms with van der Waals surface area (Å²) in [5.74, 6) is 0.913. The summed E-state index contributed by atoms with van der Waals surface area (Å²) in [4.78, 5) is 0. The summed E-state index contributed by atoms with van der Waals surface area (Å²) in [7, 11) is 1.69. The van der Waals surface area contributed by atoms with Crippen molar-refractivity contribution in [1.29, 1.82) is 0 Å². The fourth-order valence-electron chi connectivity index (χ4n) is 2.21. The van der Waals surface area contributed by atoms with Gasteiger partial charge in [-0.25, -0.2) is 0 Å². The molecule has 0 radical (unpaired) electrons. The van der Waals surface area contributed by atoms with E-state index in [9.17, 15) is 0 Å². The van der Waals surface area contributed by atoms with Crippen molar-refractivity contribution < 1.29 is 4.74 Å². The van der Waals surface area contributed by atoms with E-state index >= 15 is 0 Å². The van der Waals surface area contributed by atoms with Crippen LogP contribution in [0.1, 0.15) is 31.2 Å². The van der Waals surface area contributed by atoms with Gasteiger partial charge in [-0.2, -0.15) is 0 Å². The molecule has 2 nitrogen and oxygen atoms in total. The van der Waals surface area contributed by atoms with E-state index in [-0.39, 0.29) is 0 Å². The molecule has 17 heavy (non-hydrogen) atoms. The summed E-state index contributed by atoms with van der Waals surface area (Å²) < 4.78 is 5.13. The molecule has 0 spiro atoms. The molecule has 1 saturated heterocycles. The fraction of sp³-hybridized carbons (Fsp3) is 0.467. The number of rotatable bonds is 4. The Bertz CT molecular complexity index is 350. The van der Waals surface area contributed by atoms with Crippen molar-refractivity contribution in [3.05, 3.63) is 35.9 Å². The summed E-state index contributed by atoms with van der Waals surface area (Å²) in [5.41, 5.74) is 1.24. The molecule has 0 amide bonds. The van der Waals surface area contributed by atoms with E-state index < -0.39 is 0 Å². The van der Waals surface area contributed by atoms with Crippen LogP contribution in [0.5, 0.6) is 5.75 Å². The molecule has 1 unspecified atom stereocenters.